The quantitative estimate of drug-likeness (QED) is 0.602. The zero-order chi connectivity index (χ0) is 7.33. The zero-order valence-corrected chi connectivity index (χ0v) is 7.48. The molecule has 10 heavy (non-hydrogen) atoms. The Hall–Kier alpha value is -0.0800. The fraction of sp³-hybridized carbons (Fsp3) is 1.00. The maximum Gasteiger partial charge on any atom is 0.0431 e. The molecule has 0 aliphatic rings. The van der Waals surface area contributed by atoms with Crippen LogP contribution in [0.3, 0.4) is 0 Å². The van der Waals surface area contributed by atoms with Crippen LogP contribution in [0.15, 0.2) is 0 Å². The molecule has 0 heterocycles. The summed E-state index contributed by atoms with van der Waals surface area (Å²) in [4.78, 5) is 0. The third kappa shape index (κ3) is 10.8. The second-order valence-corrected chi connectivity index (χ2v) is 3.74. The van der Waals surface area contributed by atoms with Crippen LogP contribution >= 0.6 is 0 Å². The number of aliphatic hydroxyl groups excluding tert-OH is 1. The van der Waals surface area contributed by atoms with Crippen molar-refractivity contribution in [1.29, 1.82) is 0 Å². The summed E-state index contributed by atoms with van der Waals surface area (Å²) >= 11 is 0. The van der Waals surface area contributed by atoms with Crippen molar-refractivity contribution in [2.75, 3.05) is 6.61 Å². The van der Waals surface area contributed by atoms with Crippen LogP contribution in [0, 0.1) is 5.41 Å². The number of unbranched alkanes of at least 4 members (excludes halogenated alkanes) is 1. The van der Waals surface area contributed by atoms with E-state index in [4.69, 9.17) is 5.11 Å². The molecule has 0 fully saturated rings. The van der Waals surface area contributed by atoms with E-state index in [9.17, 15) is 0 Å². The average molecular weight is 147 g/mol. The fourth-order valence-corrected chi connectivity index (χ4v) is 0.767. The Morgan fingerprint density at radius 3 is 1.90 bits per heavy atom. The molecule has 0 aliphatic heterocycles. The van der Waals surface area contributed by atoms with Crippen LogP contribution in [-0.4, -0.2) is 11.7 Å². The Kier molecular flexibility index (Phi) is 7.15. The van der Waals surface area contributed by atoms with Gasteiger partial charge in [-0.1, -0.05) is 27.2 Å². The van der Waals surface area contributed by atoms with Crippen LogP contribution in [0.2, 0.25) is 0 Å². The highest BCUT2D eigenvalue weighted by molar-refractivity contribution is 4.60. The standard InChI is InChI=1S/C8H18O.H3N/c1-8(2,3)6-4-5-7-9;/h9H,4-7H2,1-3H3;1H3. The number of aliphatic hydroxyl groups is 1. The molecule has 0 saturated heterocycles. The van der Waals surface area contributed by atoms with Crippen molar-refractivity contribution >= 4 is 0 Å². The van der Waals surface area contributed by atoms with Gasteiger partial charge in [-0.05, 0) is 18.3 Å². The molecule has 0 aromatic rings. The van der Waals surface area contributed by atoms with Gasteiger partial charge >= 0.3 is 0 Å². The van der Waals surface area contributed by atoms with Gasteiger partial charge in [0.1, 0.15) is 0 Å². The van der Waals surface area contributed by atoms with E-state index in [-0.39, 0.29) is 6.15 Å². The summed E-state index contributed by atoms with van der Waals surface area (Å²) in [6.45, 7) is 7.02. The van der Waals surface area contributed by atoms with Crippen molar-refractivity contribution in [2.24, 2.45) is 5.41 Å². The molecule has 0 unspecified atom stereocenters. The lowest BCUT2D eigenvalue weighted by molar-refractivity contribution is 0.267. The van der Waals surface area contributed by atoms with Crippen molar-refractivity contribution in [3.8, 4) is 0 Å². The van der Waals surface area contributed by atoms with Gasteiger partial charge in [0.25, 0.3) is 0 Å². The molecule has 0 aliphatic carbocycles. The van der Waals surface area contributed by atoms with Gasteiger partial charge in [0, 0.05) is 6.61 Å². The summed E-state index contributed by atoms with van der Waals surface area (Å²) in [5.74, 6) is 0. The lowest BCUT2D eigenvalue weighted by atomic mass is 9.90. The minimum absolute atomic E-state index is 0. The molecular weight excluding hydrogens is 126 g/mol. The van der Waals surface area contributed by atoms with Crippen molar-refractivity contribution < 1.29 is 5.11 Å². The molecule has 64 valence electrons. The van der Waals surface area contributed by atoms with E-state index in [0.717, 1.165) is 12.8 Å². The number of rotatable bonds is 3. The summed E-state index contributed by atoms with van der Waals surface area (Å²) in [5.41, 5.74) is 0.440. The first kappa shape index (κ1) is 12.6. The minimum atomic E-state index is 0. The van der Waals surface area contributed by atoms with Crippen LogP contribution < -0.4 is 6.15 Å². The van der Waals surface area contributed by atoms with E-state index in [2.05, 4.69) is 20.8 Å². The maximum absolute atomic E-state index is 8.46. The fourth-order valence-electron chi connectivity index (χ4n) is 0.767. The Morgan fingerprint density at radius 2 is 1.60 bits per heavy atom. The van der Waals surface area contributed by atoms with Crippen molar-refractivity contribution in [3.63, 3.8) is 0 Å². The first-order chi connectivity index (χ1) is 4.06. The van der Waals surface area contributed by atoms with Gasteiger partial charge < -0.3 is 11.3 Å². The number of hydrogen-bond acceptors (Lipinski definition) is 2. The second kappa shape index (κ2) is 5.69. The normalized spacial score (nSPS) is 10.8. The average Bonchev–Trinajstić information content (AvgIpc) is 1.63. The largest absolute Gasteiger partial charge is 0.396 e. The molecule has 0 rings (SSSR count). The lowest BCUT2D eigenvalue weighted by Gasteiger charge is -2.16. The van der Waals surface area contributed by atoms with E-state index in [1.165, 1.54) is 6.42 Å². The molecule has 4 N–H and O–H groups in total. The Labute approximate surface area is 64.2 Å². The smallest absolute Gasteiger partial charge is 0.0431 e. The molecule has 0 saturated carbocycles. The molecule has 0 radical (unpaired) electrons. The van der Waals surface area contributed by atoms with Gasteiger partial charge in [-0.2, -0.15) is 0 Å². The third-order valence-corrected chi connectivity index (χ3v) is 1.33. The Bertz CT molecular complexity index is 66.1. The predicted molar refractivity (Wildman–Crippen MR) is 45.4 cm³/mol. The van der Waals surface area contributed by atoms with Crippen molar-refractivity contribution in [2.45, 2.75) is 40.0 Å². The molecule has 0 aromatic heterocycles. The summed E-state index contributed by atoms with van der Waals surface area (Å²) in [6, 6.07) is 0. The van der Waals surface area contributed by atoms with E-state index in [1.54, 1.807) is 0 Å². The molecule has 2 nitrogen and oxygen atoms in total. The zero-order valence-electron chi connectivity index (χ0n) is 7.48. The van der Waals surface area contributed by atoms with Gasteiger partial charge in [-0.15, -0.1) is 0 Å². The number of hydrogen-bond donors (Lipinski definition) is 2. The van der Waals surface area contributed by atoms with E-state index >= 15 is 0 Å². The van der Waals surface area contributed by atoms with Crippen molar-refractivity contribution in [1.82, 2.24) is 6.15 Å². The first-order valence-corrected chi connectivity index (χ1v) is 3.67. The van der Waals surface area contributed by atoms with Crippen LogP contribution in [0.4, 0.5) is 0 Å². The van der Waals surface area contributed by atoms with Crippen LogP contribution in [0.1, 0.15) is 40.0 Å². The highest BCUT2D eigenvalue weighted by atomic mass is 16.2. The SMILES string of the molecule is CC(C)(C)CCCCO.N. The van der Waals surface area contributed by atoms with Crippen LogP contribution in [0.5, 0.6) is 0 Å². The van der Waals surface area contributed by atoms with Gasteiger partial charge in [0.2, 0.25) is 0 Å². The highest BCUT2D eigenvalue weighted by Crippen LogP contribution is 2.20. The lowest BCUT2D eigenvalue weighted by Crippen LogP contribution is -2.04. The summed E-state index contributed by atoms with van der Waals surface area (Å²) < 4.78 is 0. The minimum Gasteiger partial charge on any atom is -0.396 e. The second-order valence-electron chi connectivity index (χ2n) is 3.74. The first-order valence-electron chi connectivity index (χ1n) is 3.67. The molecule has 0 bridgehead atoms. The predicted octanol–water partition coefficient (Wildman–Crippen LogP) is 2.36. The molecular formula is C8H21NO. The topological polar surface area (TPSA) is 55.2 Å². The Morgan fingerprint density at radius 1 is 1.10 bits per heavy atom. The maximum atomic E-state index is 8.46. The van der Waals surface area contributed by atoms with Crippen LogP contribution in [-0.2, 0) is 0 Å². The molecule has 0 spiro atoms. The highest BCUT2D eigenvalue weighted by Gasteiger charge is 2.07. The van der Waals surface area contributed by atoms with E-state index < -0.39 is 0 Å². The van der Waals surface area contributed by atoms with Gasteiger partial charge in [0.15, 0.2) is 0 Å². The Balaban J connectivity index is 0. The molecule has 0 atom stereocenters. The van der Waals surface area contributed by atoms with E-state index in [0.29, 0.717) is 12.0 Å². The van der Waals surface area contributed by atoms with Gasteiger partial charge in [-0.3, -0.25) is 0 Å². The van der Waals surface area contributed by atoms with Gasteiger partial charge in [-0.25, -0.2) is 0 Å². The summed E-state index contributed by atoms with van der Waals surface area (Å²) in [6.07, 6.45) is 3.32. The summed E-state index contributed by atoms with van der Waals surface area (Å²) in [7, 11) is 0. The van der Waals surface area contributed by atoms with Gasteiger partial charge in [0.05, 0.1) is 0 Å². The molecule has 0 aromatic carbocycles. The molecule has 2 heteroatoms. The molecule has 0 amide bonds. The van der Waals surface area contributed by atoms with Crippen LogP contribution in [0.25, 0.3) is 0 Å². The van der Waals surface area contributed by atoms with Crippen molar-refractivity contribution in [3.05, 3.63) is 0 Å². The van der Waals surface area contributed by atoms with E-state index in [1.807, 2.05) is 0 Å². The monoisotopic (exact) mass is 147 g/mol. The summed E-state index contributed by atoms with van der Waals surface area (Å²) in [5, 5.41) is 8.46. The third-order valence-electron chi connectivity index (χ3n) is 1.33.